The third-order valence-corrected chi connectivity index (χ3v) is 5.35. The third-order valence-electron chi connectivity index (χ3n) is 5.10. The van der Waals surface area contributed by atoms with Gasteiger partial charge in [0.25, 0.3) is 5.69 Å². The second-order valence-corrected chi connectivity index (χ2v) is 7.62. The molecule has 0 amide bonds. The third kappa shape index (κ3) is 5.06. The second-order valence-electron chi connectivity index (χ2n) is 7.19. The molecule has 0 saturated heterocycles. The highest BCUT2D eigenvalue weighted by molar-refractivity contribution is 6.30. The highest BCUT2D eigenvalue weighted by Crippen LogP contribution is 2.42. The lowest BCUT2D eigenvalue weighted by molar-refractivity contribution is -0.384. The van der Waals surface area contributed by atoms with E-state index in [1.54, 1.807) is 51.1 Å². The summed E-state index contributed by atoms with van der Waals surface area (Å²) in [6, 6.07) is 12.7. The molecule has 1 heterocycles. The normalized spacial score (nSPS) is 15.7. The van der Waals surface area contributed by atoms with Crippen molar-refractivity contribution in [2.75, 3.05) is 13.2 Å². The molecule has 2 aromatic rings. The van der Waals surface area contributed by atoms with E-state index in [2.05, 4.69) is 5.32 Å². The van der Waals surface area contributed by atoms with Crippen LogP contribution in [0, 0.1) is 10.1 Å². The fourth-order valence-electron chi connectivity index (χ4n) is 3.73. The van der Waals surface area contributed by atoms with Crippen LogP contribution >= 0.6 is 11.6 Å². The number of benzene rings is 2. The van der Waals surface area contributed by atoms with Crippen molar-refractivity contribution in [2.45, 2.75) is 26.7 Å². The number of hydrogen-bond donors (Lipinski definition) is 1. The number of dihydropyridines is 1. The van der Waals surface area contributed by atoms with Crippen molar-refractivity contribution >= 4 is 34.9 Å². The zero-order valence-corrected chi connectivity index (χ0v) is 19.1. The number of non-ortho nitro benzene ring substituents is 1. The molecule has 1 N–H and O–H groups in total. The highest BCUT2D eigenvalue weighted by Gasteiger charge is 2.39. The lowest BCUT2D eigenvalue weighted by Gasteiger charge is -2.31. The molecule has 172 valence electrons. The van der Waals surface area contributed by atoms with Crippen LogP contribution in [0.3, 0.4) is 0 Å². The van der Waals surface area contributed by atoms with Crippen LogP contribution < -0.4 is 5.32 Å². The van der Waals surface area contributed by atoms with Crippen molar-refractivity contribution < 1.29 is 24.0 Å². The first kappa shape index (κ1) is 24.0. The van der Waals surface area contributed by atoms with Crippen LogP contribution in [-0.2, 0) is 19.1 Å². The quantitative estimate of drug-likeness (QED) is 0.353. The van der Waals surface area contributed by atoms with E-state index >= 15 is 0 Å². The van der Waals surface area contributed by atoms with E-state index < -0.39 is 22.8 Å². The molecule has 33 heavy (non-hydrogen) atoms. The van der Waals surface area contributed by atoms with Crippen molar-refractivity contribution in [1.82, 2.24) is 5.32 Å². The molecule has 1 aliphatic rings. The topological polar surface area (TPSA) is 108 Å². The van der Waals surface area contributed by atoms with Gasteiger partial charge >= 0.3 is 11.9 Å². The molecular formula is C24H23ClN2O6. The van der Waals surface area contributed by atoms with Gasteiger partial charge in [-0.3, -0.25) is 10.1 Å². The molecule has 3 rings (SSSR count). The summed E-state index contributed by atoms with van der Waals surface area (Å²) in [6.45, 7) is 5.27. The Morgan fingerprint density at radius 1 is 1.03 bits per heavy atom. The van der Waals surface area contributed by atoms with Gasteiger partial charge in [0.2, 0.25) is 0 Å². The van der Waals surface area contributed by atoms with Crippen molar-refractivity contribution in [3.8, 4) is 0 Å². The van der Waals surface area contributed by atoms with Gasteiger partial charge in [0.15, 0.2) is 0 Å². The van der Waals surface area contributed by atoms with E-state index in [1.165, 1.54) is 18.2 Å². The van der Waals surface area contributed by atoms with Gasteiger partial charge in [0, 0.05) is 22.9 Å². The first-order valence-electron chi connectivity index (χ1n) is 10.3. The number of nitro groups is 1. The molecule has 1 unspecified atom stereocenters. The first-order chi connectivity index (χ1) is 15.8. The lowest BCUT2D eigenvalue weighted by Crippen LogP contribution is -2.32. The van der Waals surface area contributed by atoms with Gasteiger partial charge in [-0.05, 0) is 44.0 Å². The van der Waals surface area contributed by atoms with Gasteiger partial charge in [-0.2, -0.15) is 0 Å². The molecule has 9 heteroatoms. The summed E-state index contributed by atoms with van der Waals surface area (Å²) < 4.78 is 10.6. The molecule has 2 aromatic carbocycles. The molecule has 0 fully saturated rings. The van der Waals surface area contributed by atoms with E-state index in [0.717, 1.165) is 0 Å². The maximum absolute atomic E-state index is 13.2. The fourth-order valence-corrected chi connectivity index (χ4v) is 3.86. The minimum atomic E-state index is -0.949. The van der Waals surface area contributed by atoms with E-state index in [9.17, 15) is 19.7 Å². The Hall–Kier alpha value is -3.65. The van der Waals surface area contributed by atoms with Crippen LogP contribution in [0.4, 0.5) is 5.69 Å². The predicted molar refractivity (Wildman–Crippen MR) is 123 cm³/mol. The maximum Gasteiger partial charge on any atom is 0.337 e. The van der Waals surface area contributed by atoms with Gasteiger partial charge in [0.1, 0.15) is 0 Å². The summed E-state index contributed by atoms with van der Waals surface area (Å²) in [6.07, 6.45) is 0. The molecular weight excluding hydrogens is 448 g/mol. The Labute approximate surface area is 196 Å². The molecule has 0 saturated carbocycles. The Kier molecular flexibility index (Phi) is 7.50. The van der Waals surface area contributed by atoms with E-state index in [1.807, 2.05) is 0 Å². The predicted octanol–water partition coefficient (Wildman–Crippen LogP) is 4.75. The summed E-state index contributed by atoms with van der Waals surface area (Å²) in [5.74, 6) is -2.23. The van der Waals surface area contributed by atoms with Gasteiger partial charge in [-0.1, -0.05) is 35.9 Å². The number of ether oxygens (including phenoxy) is 2. The minimum Gasteiger partial charge on any atom is -0.463 e. The maximum atomic E-state index is 13.2. The molecule has 0 radical (unpaired) electrons. The van der Waals surface area contributed by atoms with Crippen molar-refractivity contribution in [3.05, 3.63) is 91.6 Å². The number of halogens is 1. The molecule has 1 aliphatic heterocycles. The Morgan fingerprint density at radius 3 is 2.21 bits per heavy atom. The van der Waals surface area contributed by atoms with Crippen LogP contribution in [0.2, 0.25) is 5.02 Å². The number of esters is 2. The second kappa shape index (κ2) is 10.3. The Bertz CT molecular complexity index is 1150. The molecule has 0 spiro atoms. The number of rotatable bonds is 7. The van der Waals surface area contributed by atoms with E-state index in [-0.39, 0.29) is 30.0 Å². The Morgan fingerprint density at radius 2 is 1.64 bits per heavy atom. The molecule has 8 nitrogen and oxygen atoms in total. The van der Waals surface area contributed by atoms with Crippen LogP contribution in [0.25, 0.3) is 5.70 Å². The van der Waals surface area contributed by atoms with Crippen molar-refractivity contribution in [3.63, 3.8) is 0 Å². The SMILES string of the molecule is CCOC(=O)C1=C(C)NC(c2ccc(Cl)cc2)=C(C(=O)OCC)C1c1cccc([N+](=O)[O-])c1. The average Bonchev–Trinajstić information content (AvgIpc) is 2.79. The number of carbonyl (C=O) groups excluding carboxylic acids is 2. The number of allylic oxidation sites excluding steroid dienone is 1. The van der Waals surface area contributed by atoms with E-state index in [4.69, 9.17) is 21.1 Å². The van der Waals surface area contributed by atoms with Gasteiger partial charge in [-0.15, -0.1) is 0 Å². The molecule has 0 aliphatic carbocycles. The molecule has 1 atom stereocenters. The lowest BCUT2D eigenvalue weighted by atomic mass is 9.79. The summed E-state index contributed by atoms with van der Waals surface area (Å²) >= 11 is 6.04. The molecule has 0 aromatic heterocycles. The monoisotopic (exact) mass is 470 g/mol. The zero-order valence-electron chi connectivity index (χ0n) is 18.4. The highest BCUT2D eigenvalue weighted by atomic mass is 35.5. The number of nitrogens with one attached hydrogen (secondary N) is 1. The number of nitro benzene ring substituents is 1. The largest absolute Gasteiger partial charge is 0.463 e. The Balaban J connectivity index is 2.33. The standard InChI is InChI=1S/C24H23ClN2O6/c1-4-32-23(28)19-14(3)26-22(15-9-11-17(25)12-10-15)21(24(29)33-5-2)20(19)16-7-6-8-18(13-16)27(30)31/h6-13,20,26H,4-5H2,1-3H3. The molecule has 0 bridgehead atoms. The number of hydrogen-bond acceptors (Lipinski definition) is 7. The van der Waals surface area contributed by atoms with Gasteiger partial charge < -0.3 is 14.8 Å². The van der Waals surface area contributed by atoms with Crippen molar-refractivity contribution in [1.29, 1.82) is 0 Å². The van der Waals surface area contributed by atoms with Crippen molar-refractivity contribution in [2.24, 2.45) is 0 Å². The van der Waals surface area contributed by atoms with Crippen LogP contribution in [0.15, 0.2) is 65.4 Å². The summed E-state index contributed by atoms with van der Waals surface area (Å²) in [5.41, 5.74) is 2.08. The van der Waals surface area contributed by atoms with E-state index in [0.29, 0.717) is 27.5 Å². The summed E-state index contributed by atoms with van der Waals surface area (Å²) in [4.78, 5) is 37.1. The average molecular weight is 471 g/mol. The zero-order chi connectivity index (χ0) is 24.1. The number of carbonyl (C=O) groups is 2. The minimum absolute atomic E-state index is 0.106. The number of nitrogens with zero attached hydrogens (tertiary/aromatic N) is 1. The van der Waals surface area contributed by atoms with Crippen LogP contribution in [0.5, 0.6) is 0 Å². The van der Waals surface area contributed by atoms with Gasteiger partial charge in [-0.25, -0.2) is 9.59 Å². The first-order valence-corrected chi connectivity index (χ1v) is 10.7. The fraction of sp³-hybridized carbons (Fsp3) is 0.250. The summed E-state index contributed by atoms with van der Waals surface area (Å²) in [7, 11) is 0. The summed E-state index contributed by atoms with van der Waals surface area (Å²) in [5, 5.41) is 15.1. The van der Waals surface area contributed by atoms with Gasteiger partial charge in [0.05, 0.1) is 40.9 Å². The van der Waals surface area contributed by atoms with Crippen LogP contribution in [0.1, 0.15) is 37.8 Å². The smallest absolute Gasteiger partial charge is 0.337 e. The van der Waals surface area contributed by atoms with Crippen LogP contribution in [-0.4, -0.2) is 30.1 Å².